The van der Waals surface area contributed by atoms with Gasteiger partial charge in [-0.2, -0.15) is 0 Å². The van der Waals surface area contributed by atoms with E-state index >= 15 is 0 Å². The first-order valence-electron chi connectivity index (χ1n) is 7.16. The number of aryl methyl sites for hydroxylation is 1. The van der Waals surface area contributed by atoms with Gasteiger partial charge in [-0.05, 0) is 36.8 Å². The van der Waals surface area contributed by atoms with Gasteiger partial charge in [-0.1, -0.05) is 23.8 Å². The second-order valence-corrected chi connectivity index (χ2v) is 5.18. The molecule has 22 heavy (non-hydrogen) atoms. The number of anilines is 1. The predicted octanol–water partition coefficient (Wildman–Crippen LogP) is 2.45. The molecule has 0 radical (unpaired) electrons. The second kappa shape index (κ2) is 6.39. The summed E-state index contributed by atoms with van der Waals surface area (Å²) in [5, 5.41) is 5.97. The van der Waals surface area contributed by atoms with Crippen molar-refractivity contribution in [3.05, 3.63) is 53.6 Å². The molecule has 0 saturated carbocycles. The van der Waals surface area contributed by atoms with E-state index in [2.05, 4.69) is 10.6 Å². The van der Waals surface area contributed by atoms with E-state index in [0.717, 1.165) is 22.7 Å². The van der Waals surface area contributed by atoms with Crippen LogP contribution in [0.5, 0.6) is 11.5 Å². The maximum atomic E-state index is 11.9. The molecule has 1 amide bonds. The van der Waals surface area contributed by atoms with Crippen LogP contribution in [0, 0.1) is 6.92 Å². The number of ether oxygens (including phenoxy) is 2. The van der Waals surface area contributed by atoms with E-state index in [9.17, 15) is 4.79 Å². The average Bonchev–Trinajstić information content (AvgIpc) is 3.00. The van der Waals surface area contributed by atoms with Crippen molar-refractivity contribution in [2.75, 3.05) is 18.7 Å². The Bertz CT molecular complexity index is 668. The molecular formula is C17H18N2O3. The van der Waals surface area contributed by atoms with Gasteiger partial charge < -0.3 is 20.1 Å². The lowest BCUT2D eigenvalue weighted by Gasteiger charge is -2.08. The topological polar surface area (TPSA) is 59.6 Å². The van der Waals surface area contributed by atoms with Crippen molar-refractivity contribution in [2.24, 2.45) is 0 Å². The molecule has 0 spiro atoms. The third-order valence-corrected chi connectivity index (χ3v) is 3.43. The molecule has 0 fully saturated rings. The van der Waals surface area contributed by atoms with Crippen LogP contribution >= 0.6 is 0 Å². The Morgan fingerprint density at radius 2 is 1.86 bits per heavy atom. The highest BCUT2D eigenvalue weighted by atomic mass is 16.7. The summed E-state index contributed by atoms with van der Waals surface area (Å²) in [6, 6.07) is 13.6. The van der Waals surface area contributed by atoms with E-state index in [4.69, 9.17) is 9.47 Å². The van der Waals surface area contributed by atoms with Crippen LogP contribution in [0.25, 0.3) is 0 Å². The number of hydrogen-bond donors (Lipinski definition) is 2. The van der Waals surface area contributed by atoms with Crippen molar-refractivity contribution < 1.29 is 14.3 Å². The summed E-state index contributed by atoms with van der Waals surface area (Å²) in [6.07, 6.45) is 0. The SMILES string of the molecule is Cc1ccc(NCC(=O)NCc2ccc3c(c2)OCO3)cc1. The minimum Gasteiger partial charge on any atom is -0.454 e. The van der Waals surface area contributed by atoms with Crippen molar-refractivity contribution in [3.8, 4) is 11.5 Å². The normalized spacial score (nSPS) is 12.0. The summed E-state index contributed by atoms with van der Waals surface area (Å²) < 4.78 is 10.6. The van der Waals surface area contributed by atoms with Gasteiger partial charge in [0.15, 0.2) is 11.5 Å². The van der Waals surface area contributed by atoms with Crippen LogP contribution in [-0.2, 0) is 11.3 Å². The Morgan fingerprint density at radius 3 is 2.68 bits per heavy atom. The molecule has 0 aliphatic carbocycles. The second-order valence-electron chi connectivity index (χ2n) is 5.18. The Hall–Kier alpha value is -2.69. The molecule has 2 aromatic carbocycles. The van der Waals surface area contributed by atoms with Crippen LogP contribution in [0.2, 0.25) is 0 Å². The third kappa shape index (κ3) is 3.49. The number of fused-ring (bicyclic) bond motifs is 1. The lowest BCUT2D eigenvalue weighted by molar-refractivity contribution is -0.119. The zero-order valence-electron chi connectivity index (χ0n) is 12.4. The quantitative estimate of drug-likeness (QED) is 0.890. The molecule has 1 aliphatic rings. The van der Waals surface area contributed by atoms with Gasteiger partial charge in [0.25, 0.3) is 0 Å². The Balaban J connectivity index is 1.47. The summed E-state index contributed by atoms with van der Waals surface area (Å²) in [6.45, 7) is 2.99. The molecule has 5 heteroatoms. The number of carbonyl (C=O) groups is 1. The van der Waals surface area contributed by atoms with Gasteiger partial charge in [0.05, 0.1) is 6.54 Å². The van der Waals surface area contributed by atoms with E-state index in [-0.39, 0.29) is 19.2 Å². The molecule has 1 aliphatic heterocycles. The fourth-order valence-corrected chi connectivity index (χ4v) is 2.17. The van der Waals surface area contributed by atoms with Gasteiger partial charge in [0, 0.05) is 12.2 Å². The number of nitrogens with one attached hydrogen (secondary N) is 2. The van der Waals surface area contributed by atoms with E-state index in [1.54, 1.807) is 0 Å². The molecule has 2 N–H and O–H groups in total. The number of carbonyl (C=O) groups excluding carboxylic acids is 1. The number of amides is 1. The maximum Gasteiger partial charge on any atom is 0.239 e. The molecule has 5 nitrogen and oxygen atoms in total. The smallest absolute Gasteiger partial charge is 0.239 e. The van der Waals surface area contributed by atoms with Crippen molar-refractivity contribution in [3.63, 3.8) is 0 Å². The highest BCUT2D eigenvalue weighted by molar-refractivity contribution is 5.80. The van der Waals surface area contributed by atoms with E-state index in [1.165, 1.54) is 5.56 Å². The molecule has 0 atom stereocenters. The minimum absolute atomic E-state index is 0.0572. The number of rotatable bonds is 5. The maximum absolute atomic E-state index is 11.9. The summed E-state index contributed by atoms with van der Waals surface area (Å²) in [4.78, 5) is 11.9. The van der Waals surface area contributed by atoms with Crippen LogP contribution < -0.4 is 20.1 Å². The standard InChI is InChI=1S/C17H18N2O3/c1-12-2-5-14(6-3-12)18-10-17(20)19-9-13-4-7-15-16(8-13)22-11-21-15/h2-8,18H,9-11H2,1H3,(H,19,20). The van der Waals surface area contributed by atoms with Crippen LogP contribution in [0.3, 0.4) is 0 Å². The summed E-state index contributed by atoms with van der Waals surface area (Å²) >= 11 is 0. The van der Waals surface area contributed by atoms with Gasteiger partial charge in [-0.15, -0.1) is 0 Å². The van der Waals surface area contributed by atoms with Crippen molar-refractivity contribution in [1.29, 1.82) is 0 Å². The van der Waals surface area contributed by atoms with Crippen LogP contribution in [0.1, 0.15) is 11.1 Å². The summed E-state index contributed by atoms with van der Waals surface area (Å²) in [5.74, 6) is 1.42. The van der Waals surface area contributed by atoms with Crippen LogP contribution in [0.15, 0.2) is 42.5 Å². The summed E-state index contributed by atoms with van der Waals surface area (Å²) in [7, 11) is 0. The average molecular weight is 298 g/mol. The van der Waals surface area contributed by atoms with Gasteiger partial charge in [0.1, 0.15) is 0 Å². The molecule has 0 bridgehead atoms. The van der Waals surface area contributed by atoms with Crippen molar-refractivity contribution in [1.82, 2.24) is 5.32 Å². The molecular weight excluding hydrogens is 280 g/mol. The number of benzene rings is 2. The van der Waals surface area contributed by atoms with Gasteiger partial charge in [0.2, 0.25) is 12.7 Å². The monoisotopic (exact) mass is 298 g/mol. The van der Waals surface area contributed by atoms with Gasteiger partial charge in [-0.3, -0.25) is 4.79 Å². The first-order chi connectivity index (χ1) is 10.7. The first kappa shape index (κ1) is 14.3. The fraction of sp³-hybridized carbons (Fsp3) is 0.235. The van der Waals surface area contributed by atoms with Gasteiger partial charge >= 0.3 is 0 Å². The van der Waals surface area contributed by atoms with E-state index < -0.39 is 0 Å². The van der Waals surface area contributed by atoms with Crippen molar-refractivity contribution >= 4 is 11.6 Å². The lowest BCUT2D eigenvalue weighted by Crippen LogP contribution is -2.29. The molecule has 0 aromatic heterocycles. The Morgan fingerprint density at radius 1 is 1.09 bits per heavy atom. The Kier molecular flexibility index (Phi) is 4.14. The molecule has 0 saturated heterocycles. The predicted molar refractivity (Wildman–Crippen MR) is 84.1 cm³/mol. The Labute approximate surface area is 129 Å². The summed E-state index contributed by atoms with van der Waals surface area (Å²) in [5.41, 5.74) is 3.11. The fourth-order valence-electron chi connectivity index (χ4n) is 2.17. The van der Waals surface area contributed by atoms with E-state index in [1.807, 2.05) is 49.4 Å². The zero-order valence-corrected chi connectivity index (χ0v) is 12.4. The first-order valence-corrected chi connectivity index (χ1v) is 7.16. The highest BCUT2D eigenvalue weighted by Crippen LogP contribution is 2.32. The van der Waals surface area contributed by atoms with E-state index in [0.29, 0.717) is 6.54 Å². The highest BCUT2D eigenvalue weighted by Gasteiger charge is 2.13. The van der Waals surface area contributed by atoms with Crippen molar-refractivity contribution in [2.45, 2.75) is 13.5 Å². The van der Waals surface area contributed by atoms with Crippen LogP contribution in [-0.4, -0.2) is 19.2 Å². The zero-order chi connectivity index (χ0) is 15.4. The van der Waals surface area contributed by atoms with Gasteiger partial charge in [-0.25, -0.2) is 0 Å². The number of hydrogen-bond acceptors (Lipinski definition) is 4. The van der Waals surface area contributed by atoms with Crippen LogP contribution in [0.4, 0.5) is 5.69 Å². The molecule has 114 valence electrons. The minimum atomic E-state index is -0.0572. The molecule has 0 unspecified atom stereocenters. The largest absolute Gasteiger partial charge is 0.454 e. The third-order valence-electron chi connectivity index (χ3n) is 3.43. The molecule has 1 heterocycles. The lowest BCUT2D eigenvalue weighted by atomic mass is 10.2. The molecule has 2 aromatic rings. The molecule has 3 rings (SSSR count).